The highest BCUT2D eigenvalue weighted by molar-refractivity contribution is 6.67. The van der Waals surface area contributed by atoms with E-state index < -0.39 is 0 Å². The van der Waals surface area contributed by atoms with E-state index in [1.807, 2.05) is 0 Å². The lowest BCUT2D eigenvalue weighted by molar-refractivity contribution is 0.210. The molecule has 0 aliphatic carbocycles. The van der Waals surface area contributed by atoms with E-state index in [1.165, 1.54) is 14.2 Å². The fourth-order valence-electron chi connectivity index (χ4n) is 0.713. The van der Waals surface area contributed by atoms with Crippen LogP contribution < -0.4 is 0 Å². The van der Waals surface area contributed by atoms with Gasteiger partial charge < -0.3 is 14.9 Å². The first-order chi connectivity index (χ1) is 6.17. The van der Waals surface area contributed by atoms with Crippen molar-refractivity contribution in [3.8, 4) is 0 Å². The van der Waals surface area contributed by atoms with Gasteiger partial charge in [-0.25, -0.2) is 0 Å². The normalized spacial score (nSPS) is 14.3. The summed E-state index contributed by atoms with van der Waals surface area (Å²) in [5, 5.41) is 18.7. The van der Waals surface area contributed by atoms with Crippen LogP contribution in [0.3, 0.4) is 0 Å². The molecule has 0 spiro atoms. The Kier molecular flexibility index (Phi) is 5.25. The van der Waals surface area contributed by atoms with Crippen molar-refractivity contribution in [2.24, 2.45) is 15.5 Å². The molecule has 0 fully saturated rings. The predicted molar refractivity (Wildman–Crippen MR) is 49.5 cm³/mol. The second-order valence-corrected chi connectivity index (χ2v) is 2.17. The first kappa shape index (κ1) is 11.4. The Labute approximate surface area is 76.5 Å². The van der Waals surface area contributed by atoms with E-state index in [0.717, 1.165) is 0 Å². The van der Waals surface area contributed by atoms with Crippen molar-refractivity contribution in [3.05, 3.63) is 0 Å². The van der Waals surface area contributed by atoms with Crippen LogP contribution >= 0.6 is 0 Å². The zero-order chi connectivity index (χ0) is 10.3. The molecule has 74 valence electrons. The average molecular weight is 187 g/mol. The van der Waals surface area contributed by atoms with Crippen LogP contribution in [0.1, 0.15) is 13.8 Å². The van der Waals surface area contributed by atoms with E-state index in [1.54, 1.807) is 13.8 Å². The van der Waals surface area contributed by atoms with Crippen molar-refractivity contribution < 1.29 is 14.9 Å². The van der Waals surface area contributed by atoms with E-state index in [9.17, 15) is 0 Å². The lowest BCUT2D eigenvalue weighted by atomic mass is 10.2. The zero-order valence-corrected chi connectivity index (χ0v) is 8.11. The second-order valence-electron chi connectivity index (χ2n) is 2.17. The molecule has 0 saturated heterocycles. The molecule has 0 bridgehead atoms. The molecule has 0 aromatic rings. The molecule has 0 aliphatic rings. The Balaban J connectivity index is 4.83. The quantitative estimate of drug-likeness (QED) is 0.403. The van der Waals surface area contributed by atoms with Gasteiger partial charge in [-0.05, 0) is 13.8 Å². The largest absolute Gasteiger partial charge is 0.411 e. The van der Waals surface area contributed by atoms with Crippen LogP contribution in [-0.2, 0) is 9.68 Å². The third kappa shape index (κ3) is 3.55. The van der Waals surface area contributed by atoms with Gasteiger partial charge in [0.2, 0.25) is 0 Å². The summed E-state index contributed by atoms with van der Waals surface area (Å²) in [5.41, 5.74) is 1.12. The first-order valence-electron chi connectivity index (χ1n) is 3.55. The van der Waals surface area contributed by atoms with Crippen LogP contribution in [0, 0.1) is 0 Å². The van der Waals surface area contributed by atoms with E-state index in [4.69, 9.17) is 5.21 Å². The number of rotatable bonds is 4. The minimum absolute atomic E-state index is 0.306. The summed E-state index contributed by atoms with van der Waals surface area (Å²) >= 11 is 0. The van der Waals surface area contributed by atoms with Gasteiger partial charge in [-0.2, -0.15) is 0 Å². The maximum absolute atomic E-state index is 8.50. The monoisotopic (exact) mass is 187 g/mol. The van der Waals surface area contributed by atoms with Gasteiger partial charge in [-0.3, -0.25) is 0 Å². The second kappa shape index (κ2) is 5.99. The number of oxime groups is 3. The molecule has 0 radical (unpaired) electrons. The van der Waals surface area contributed by atoms with Crippen LogP contribution in [0.5, 0.6) is 0 Å². The molecule has 0 amide bonds. The minimum Gasteiger partial charge on any atom is -0.411 e. The SMILES string of the molecule is CON=C(C(C)=NO)/C(C)=N\OC. The van der Waals surface area contributed by atoms with E-state index in [-0.39, 0.29) is 0 Å². The zero-order valence-electron chi connectivity index (χ0n) is 8.11. The van der Waals surface area contributed by atoms with Crippen molar-refractivity contribution >= 4 is 17.1 Å². The summed E-state index contributed by atoms with van der Waals surface area (Å²) in [6, 6.07) is 0. The maximum atomic E-state index is 8.50. The first-order valence-corrected chi connectivity index (χ1v) is 3.55. The molecule has 0 unspecified atom stereocenters. The van der Waals surface area contributed by atoms with Crippen LogP contribution in [0.2, 0.25) is 0 Å². The third-order valence-electron chi connectivity index (χ3n) is 1.25. The molecular formula is C7H13N3O3. The van der Waals surface area contributed by atoms with Gasteiger partial charge in [0.05, 0.1) is 0 Å². The van der Waals surface area contributed by atoms with Gasteiger partial charge in [0.15, 0.2) is 5.71 Å². The van der Waals surface area contributed by atoms with Gasteiger partial charge in [0.1, 0.15) is 25.6 Å². The molecular weight excluding hydrogens is 174 g/mol. The van der Waals surface area contributed by atoms with E-state index >= 15 is 0 Å². The number of nitrogens with zero attached hydrogens (tertiary/aromatic N) is 3. The van der Waals surface area contributed by atoms with Gasteiger partial charge in [-0.15, -0.1) is 0 Å². The summed E-state index contributed by atoms with van der Waals surface area (Å²) in [6.07, 6.45) is 0. The molecule has 0 aromatic heterocycles. The van der Waals surface area contributed by atoms with Crippen LogP contribution in [0.15, 0.2) is 15.5 Å². The summed E-state index contributed by atoms with van der Waals surface area (Å²) in [6.45, 7) is 3.24. The Bertz CT molecular complexity index is 245. The average Bonchev–Trinajstić information content (AvgIpc) is 2.13. The Morgan fingerprint density at radius 3 is 1.92 bits per heavy atom. The number of hydrogen-bond acceptors (Lipinski definition) is 6. The number of hydrogen-bond donors (Lipinski definition) is 1. The molecule has 1 N–H and O–H groups in total. The topological polar surface area (TPSA) is 75.8 Å². The molecule has 0 aromatic carbocycles. The molecule has 0 atom stereocenters. The van der Waals surface area contributed by atoms with Crippen molar-refractivity contribution in [2.75, 3.05) is 14.2 Å². The van der Waals surface area contributed by atoms with Gasteiger partial charge in [0.25, 0.3) is 0 Å². The van der Waals surface area contributed by atoms with Crippen molar-refractivity contribution in [1.82, 2.24) is 0 Å². The maximum Gasteiger partial charge on any atom is 0.151 e. The standard InChI is InChI=1S/C7H13N3O3/c1-5(8-11)7(10-13-4)6(2)9-12-3/h11H,1-4H3/b8-5?,9-6-,10-7?. The molecule has 6 heteroatoms. The smallest absolute Gasteiger partial charge is 0.151 e. The summed E-state index contributed by atoms with van der Waals surface area (Å²) in [7, 11) is 2.81. The van der Waals surface area contributed by atoms with Gasteiger partial charge >= 0.3 is 0 Å². The van der Waals surface area contributed by atoms with Crippen molar-refractivity contribution in [3.63, 3.8) is 0 Å². The van der Waals surface area contributed by atoms with Crippen LogP contribution in [0.4, 0.5) is 0 Å². The lowest BCUT2D eigenvalue weighted by Crippen LogP contribution is -2.20. The fourth-order valence-corrected chi connectivity index (χ4v) is 0.713. The molecule has 13 heavy (non-hydrogen) atoms. The van der Waals surface area contributed by atoms with Crippen LogP contribution in [0.25, 0.3) is 0 Å². The van der Waals surface area contributed by atoms with Crippen molar-refractivity contribution in [2.45, 2.75) is 13.8 Å². The Hall–Kier alpha value is -1.59. The predicted octanol–water partition coefficient (Wildman–Crippen LogP) is 0.861. The Morgan fingerprint density at radius 1 is 1.00 bits per heavy atom. The van der Waals surface area contributed by atoms with Crippen molar-refractivity contribution in [1.29, 1.82) is 0 Å². The van der Waals surface area contributed by atoms with Crippen LogP contribution in [-0.4, -0.2) is 36.6 Å². The molecule has 0 heterocycles. The third-order valence-corrected chi connectivity index (χ3v) is 1.25. The van der Waals surface area contributed by atoms with E-state index in [0.29, 0.717) is 17.1 Å². The summed E-state index contributed by atoms with van der Waals surface area (Å²) < 4.78 is 0. The highest BCUT2D eigenvalue weighted by Gasteiger charge is 2.10. The molecule has 0 saturated carbocycles. The molecule has 6 nitrogen and oxygen atoms in total. The minimum atomic E-state index is 0.306. The van der Waals surface area contributed by atoms with Gasteiger partial charge in [-0.1, -0.05) is 15.5 Å². The highest BCUT2D eigenvalue weighted by Crippen LogP contribution is 1.91. The van der Waals surface area contributed by atoms with E-state index in [2.05, 4.69) is 25.1 Å². The molecule has 0 rings (SSSR count). The lowest BCUT2D eigenvalue weighted by Gasteiger charge is -2.01. The summed E-state index contributed by atoms with van der Waals surface area (Å²) in [4.78, 5) is 9.09. The fraction of sp³-hybridized carbons (Fsp3) is 0.571. The Morgan fingerprint density at radius 2 is 1.54 bits per heavy atom. The van der Waals surface area contributed by atoms with Gasteiger partial charge in [0, 0.05) is 0 Å². The highest BCUT2D eigenvalue weighted by atomic mass is 16.6. The molecule has 0 aliphatic heterocycles. The summed E-state index contributed by atoms with van der Waals surface area (Å²) in [5.74, 6) is 0.